The number of carbonyl (C=O) groups excluding carboxylic acids is 1. The van der Waals surface area contributed by atoms with Gasteiger partial charge in [0.25, 0.3) is 0 Å². The van der Waals surface area contributed by atoms with Crippen molar-refractivity contribution in [2.45, 2.75) is 37.6 Å². The summed E-state index contributed by atoms with van der Waals surface area (Å²) >= 11 is 12.5. The van der Waals surface area contributed by atoms with Crippen molar-refractivity contribution in [2.24, 2.45) is 0 Å². The molecule has 0 aliphatic carbocycles. The number of carbonyl (C=O) groups is 2. The Labute approximate surface area is 187 Å². The summed E-state index contributed by atoms with van der Waals surface area (Å²) in [6.45, 7) is 1.38. The first-order chi connectivity index (χ1) is 14.6. The summed E-state index contributed by atoms with van der Waals surface area (Å²) in [5.74, 6) is -1.73. The van der Waals surface area contributed by atoms with Crippen LogP contribution in [0.3, 0.4) is 0 Å². The average molecular weight is 471 g/mol. The fourth-order valence-electron chi connectivity index (χ4n) is 3.15. The lowest BCUT2D eigenvalue weighted by atomic mass is 9.98. The highest BCUT2D eigenvalue weighted by Crippen LogP contribution is 2.34. The molecule has 1 aliphatic rings. The standard InChI is InChI=1S/C20H20Cl2N2O7/c1-8(25)23-13-4-2-9(6-11(13)21)10-3-5-14(12(22)7-10)24-19-17(28)15(26)16(27)18(31-19)20(29)30/h2-7,15-19,24,26-28H,1H3,(H,23,25)(H,29,30)/t15-,16-,17+,18-,19+/m0/s1. The molecule has 0 aromatic heterocycles. The van der Waals surface area contributed by atoms with Gasteiger partial charge in [0.2, 0.25) is 5.91 Å². The van der Waals surface area contributed by atoms with Gasteiger partial charge >= 0.3 is 5.97 Å². The Morgan fingerprint density at radius 2 is 1.45 bits per heavy atom. The van der Waals surface area contributed by atoms with Crippen molar-refractivity contribution >= 4 is 46.5 Å². The van der Waals surface area contributed by atoms with E-state index in [4.69, 9.17) is 33.0 Å². The summed E-state index contributed by atoms with van der Waals surface area (Å²) < 4.78 is 5.20. The molecule has 3 rings (SSSR count). The van der Waals surface area contributed by atoms with Crippen molar-refractivity contribution < 1.29 is 34.8 Å². The number of hydrogen-bond donors (Lipinski definition) is 6. The smallest absolute Gasteiger partial charge is 0.335 e. The van der Waals surface area contributed by atoms with E-state index >= 15 is 0 Å². The molecule has 166 valence electrons. The van der Waals surface area contributed by atoms with E-state index in [1.165, 1.54) is 6.92 Å². The van der Waals surface area contributed by atoms with Crippen LogP contribution in [0.15, 0.2) is 36.4 Å². The van der Waals surface area contributed by atoms with Crippen LogP contribution in [0.25, 0.3) is 11.1 Å². The number of rotatable bonds is 5. The van der Waals surface area contributed by atoms with Gasteiger partial charge in [-0.3, -0.25) is 4.79 Å². The second-order valence-electron chi connectivity index (χ2n) is 7.00. The Morgan fingerprint density at radius 3 is 1.94 bits per heavy atom. The molecule has 0 bridgehead atoms. The van der Waals surface area contributed by atoms with E-state index in [2.05, 4.69) is 10.6 Å². The number of nitrogens with one attached hydrogen (secondary N) is 2. The zero-order chi connectivity index (χ0) is 22.9. The van der Waals surface area contributed by atoms with E-state index in [9.17, 15) is 24.9 Å². The summed E-state index contributed by atoms with van der Waals surface area (Å²) in [5, 5.41) is 44.9. The Morgan fingerprint density at radius 1 is 0.903 bits per heavy atom. The predicted octanol–water partition coefficient (Wildman–Crippen LogP) is 1.92. The molecule has 6 N–H and O–H groups in total. The van der Waals surface area contributed by atoms with E-state index in [0.717, 1.165) is 5.56 Å². The van der Waals surface area contributed by atoms with Crippen LogP contribution in [-0.2, 0) is 14.3 Å². The van der Waals surface area contributed by atoms with E-state index in [1.807, 2.05) is 0 Å². The van der Waals surface area contributed by atoms with E-state index in [0.29, 0.717) is 22.0 Å². The lowest BCUT2D eigenvalue weighted by Gasteiger charge is -2.39. The van der Waals surface area contributed by atoms with Gasteiger partial charge in [-0.2, -0.15) is 0 Å². The van der Waals surface area contributed by atoms with E-state index in [1.54, 1.807) is 36.4 Å². The predicted molar refractivity (Wildman–Crippen MR) is 114 cm³/mol. The van der Waals surface area contributed by atoms with Gasteiger partial charge in [-0.25, -0.2) is 4.79 Å². The second kappa shape index (κ2) is 9.39. The maximum absolute atomic E-state index is 11.2. The molecule has 1 heterocycles. The van der Waals surface area contributed by atoms with Crippen LogP contribution in [0.1, 0.15) is 6.92 Å². The quantitative estimate of drug-likeness (QED) is 0.388. The van der Waals surface area contributed by atoms with Crippen LogP contribution in [-0.4, -0.2) is 62.9 Å². The first-order valence-electron chi connectivity index (χ1n) is 9.14. The maximum atomic E-state index is 11.2. The second-order valence-corrected chi connectivity index (χ2v) is 7.82. The molecule has 1 fully saturated rings. The molecule has 0 spiro atoms. The zero-order valence-corrected chi connectivity index (χ0v) is 17.6. The largest absolute Gasteiger partial charge is 0.479 e. The van der Waals surface area contributed by atoms with E-state index in [-0.39, 0.29) is 10.9 Å². The fraction of sp³-hybridized carbons (Fsp3) is 0.300. The van der Waals surface area contributed by atoms with Crippen molar-refractivity contribution in [1.29, 1.82) is 0 Å². The molecule has 1 saturated heterocycles. The van der Waals surface area contributed by atoms with Crippen molar-refractivity contribution in [3.05, 3.63) is 46.4 Å². The van der Waals surface area contributed by atoms with Crippen LogP contribution in [0, 0.1) is 0 Å². The Hall–Kier alpha value is -2.40. The number of hydrogen-bond acceptors (Lipinski definition) is 7. The minimum Gasteiger partial charge on any atom is -0.479 e. The van der Waals surface area contributed by atoms with Gasteiger partial charge < -0.3 is 35.8 Å². The van der Waals surface area contributed by atoms with Crippen molar-refractivity contribution in [1.82, 2.24) is 0 Å². The molecule has 0 saturated carbocycles. The molecule has 1 amide bonds. The lowest BCUT2D eigenvalue weighted by Crippen LogP contribution is -2.61. The third-order valence-electron chi connectivity index (χ3n) is 4.74. The van der Waals surface area contributed by atoms with Crippen LogP contribution >= 0.6 is 23.2 Å². The molecular formula is C20H20Cl2N2O7. The number of halogens is 2. The summed E-state index contributed by atoms with van der Waals surface area (Å²) in [5.41, 5.74) is 2.21. The number of aliphatic hydroxyl groups is 3. The van der Waals surface area contributed by atoms with Gasteiger partial charge in [0, 0.05) is 6.92 Å². The number of carboxylic acids is 1. The van der Waals surface area contributed by atoms with Gasteiger partial charge in [-0.1, -0.05) is 35.3 Å². The number of amides is 1. The third kappa shape index (κ3) is 5.09. The highest BCUT2D eigenvalue weighted by Gasteiger charge is 2.47. The van der Waals surface area contributed by atoms with Gasteiger partial charge in [0.15, 0.2) is 12.3 Å². The molecule has 11 heteroatoms. The fourth-order valence-corrected chi connectivity index (χ4v) is 3.62. The minimum absolute atomic E-state index is 0.225. The van der Waals surface area contributed by atoms with Crippen LogP contribution in [0.5, 0.6) is 0 Å². The first kappa shape index (κ1) is 23.3. The summed E-state index contributed by atoms with van der Waals surface area (Å²) in [6.07, 6.45) is -8.16. The molecule has 2 aromatic rings. The number of aliphatic hydroxyl groups excluding tert-OH is 3. The van der Waals surface area contributed by atoms with Gasteiger partial charge in [0.05, 0.1) is 21.4 Å². The Bertz CT molecular complexity index is 1000. The zero-order valence-electron chi connectivity index (χ0n) is 16.1. The number of carboxylic acid groups (broad SMARTS) is 1. The molecule has 0 radical (unpaired) electrons. The number of anilines is 2. The molecule has 31 heavy (non-hydrogen) atoms. The lowest BCUT2D eigenvalue weighted by molar-refractivity contribution is -0.221. The Kier molecular flexibility index (Phi) is 7.05. The number of ether oxygens (including phenoxy) is 1. The Balaban J connectivity index is 1.80. The average Bonchev–Trinajstić information content (AvgIpc) is 2.70. The monoisotopic (exact) mass is 470 g/mol. The topological polar surface area (TPSA) is 148 Å². The first-order valence-corrected chi connectivity index (χ1v) is 9.90. The van der Waals surface area contributed by atoms with Crippen LogP contribution < -0.4 is 10.6 Å². The van der Waals surface area contributed by atoms with Crippen molar-refractivity contribution in [3.63, 3.8) is 0 Å². The van der Waals surface area contributed by atoms with Crippen molar-refractivity contribution in [3.8, 4) is 11.1 Å². The van der Waals surface area contributed by atoms with Crippen LogP contribution in [0.4, 0.5) is 11.4 Å². The molecule has 1 aliphatic heterocycles. The highest BCUT2D eigenvalue weighted by atomic mass is 35.5. The number of aliphatic carboxylic acids is 1. The molecule has 5 atom stereocenters. The summed E-state index contributed by atoms with van der Waals surface area (Å²) in [7, 11) is 0. The van der Waals surface area contributed by atoms with Gasteiger partial charge in [-0.05, 0) is 35.4 Å². The molecule has 0 unspecified atom stereocenters. The normalized spacial score (nSPS) is 25.7. The third-order valence-corrected chi connectivity index (χ3v) is 5.36. The number of benzene rings is 2. The van der Waals surface area contributed by atoms with Gasteiger partial charge in [0.1, 0.15) is 18.3 Å². The molecular weight excluding hydrogens is 451 g/mol. The molecule has 9 nitrogen and oxygen atoms in total. The van der Waals surface area contributed by atoms with Crippen LogP contribution in [0.2, 0.25) is 10.0 Å². The maximum Gasteiger partial charge on any atom is 0.335 e. The summed E-state index contributed by atoms with van der Waals surface area (Å²) in [4.78, 5) is 22.4. The van der Waals surface area contributed by atoms with E-state index < -0.39 is 36.6 Å². The molecule has 2 aromatic carbocycles. The minimum atomic E-state index is -1.78. The van der Waals surface area contributed by atoms with Gasteiger partial charge in [-0.15, -0.1) is 0 Å². The SMILES string of the molecule is CC(=O)Nc1ccc(-c2ccc(N[C@@H]3O[C@H](C(=O)O)[C@@H](O)[C@H](O)[C@H]3O)c(Cl)c2)cc1Cl. The summed E-state index contributed by atoms with van der Waals surface area (Å²) in [6, 6.07) is 9.96. The van der Waals surface area contributed by atoms with Crippen molar-refractivity contribution in [2.75, 3.05) is 10.6 Å². The highest BCUT2D eigenvalue weighted by molar-refractivity contribution is 6.34.